The topological polar surface area (TPSA) is 120 Å². The molecule has 0 aliphatic carbocycles. The molecule has 0 radical (unpaired) electrons. The highest BCUT2D eigenvalue weighted by atomic mass is 35.5. The lowest BCUT2D eigenvalue weighted by atomic mass is 10.1. The molecule has 0 amide bonds. The highest BCUT2D eigenvalue weighted by Gasteiger charge is 2.37. The summed E-state index contributed by atoms with van der Waals surface area (Å²) in [5.41, 5.74) is 4.25. The summed E-state index contributed by atoms with van der Waals surface area (Å²) in [5.74, 6) is 1.68. The van der Waals surface area contributed by atoms with Gasteiger partial charge in [-0.05, 0) is 97.5 Å². The van der Waals surface area contributed by atoms with Crippen LogP contribution in [0.5, 0.6) is 28.7 Å². The van der Waals surface area contributed by atoms with Gasteiger partial charge in [-0.3, -0.25) is 9.36 Å². The summed E-state index contributed by atoms with van der Waals surface area (Å²) in [5, 5.41) is 3.91. The summed E-state index contributed by atoms with van der Waals surface area (Å²) in [6, 6.07) is 24.1. The molecule has 0 aromatic heterocycles. The first-order valence-corrected chi connectivity index (χ1v) is 19.6. The average molecular weight is 782 g/mol. The molecule has 4 rings (SSSR count). The van der Waals surface area contributed by atoms with Crippen molar-refractivity contribution in [3.8, 4) is 28.7 Å². The van der Waals surface area contributed by atoms with E-state index >= 15 is 0 Å². The maximum Gasteiger partial charge on any atom is 0.357 e. The smallest absolute Gasteiger partial charge is 0.357 e. The van der Waals surface area contributed by atoms with Crippen LogP contribution in [-0.2, 0) is 29.6 Å². The molecule has 0 saturated carbocycles. The molecule has 290 valence electrons. The van der Waals surface area contributed by atoms with Crippen LogP contribution in [0.4, 0.5) is 5.69 Å². The number of carbonyl (C=O) groups excluding carboxylic acids is 1. The summed E-state index contributed by atoms with van der Waals surface area (Å²) in [6.45, 7) is 4.28. The van der Waals surface area contributed by atoms with Gasteiger partial charge in [0.05, 0.1) is 41.7 Å². The second kappa shape index (κ2) is 21.3. The number of aryl methyl sites for hydroxylation is 1. The fourth-order valence-electron chi connectivity index (χ4n) is 5.58. The molecular weight excluding hydrogens is 733 g/mol. The second-order valence-electron chi connectivity index (χ2n) is 11.8. The normalized spacial score (nSPS) is 11.9. The van der Waals surface area contributed by atoms with E-state index in [2.05, 4.69) is 5.32 Å². The molecule has 0 saturated heterocycles. The van der Waals surface area contributed by atoms with Gasteiger partial charge in [-0.2, -0.15) is 0 Å². The Hall–Kier alpha value is -4.67. The number of ether oxygens (including phenoxy) is 6. The Bertz CT molecular complexity index is 1830. The minimum atomic E-state index is -3.56. The lowest BCUT2D eigenvalue weighted by Crippen LogP contribution is -2.15. The van der Waals surface area contributed by atoms with Crippen molar-refractivity contribution in [2.75, 3.05) is 60.2 Å². The van der Waals surface area contributed by atoms with Crippen LogP contribution >= 0.6 is 19.2 Å². The van der Waals surface area contributed by atoms with Gasteiger partial charge in [0.2, 0.25) is 5.75 Å². The largest absolute Gasteiger partial charge is 0.493 e. The lowest BCUT2D eigenvalue weighted by Gasteiger charge is -2.28. The van der Waals surface area contributed by atoms with Crippen molar-refractivity contribution < 1.29 is 46.8 Å². The van der Waals surface area contributed by atoms with Crippen molar-refractivity contribution in [1.29, 1.82) is 0 Å². The predicted octanol–water partition coefficient (Wildman–Crippen LogP) is 9.87. The first-order valence-electron chi connectivity index (χ1n) is 17.6. The van der Waals surface area contributed by atoms with Crippen molar-refractivity contribution in [1.82, 2.24) is 0 Å². The first-order chi connectivity index (χ1) is 26.2. The predicted molar refractivity (Wildman–Crippen MR) is 213 cm³/mol. The molecule has 1 N–H and O–H groups in total. The van der Waals surface area contributed by atoms with Gasteiger partial charge in [0, 0.05) is 17.1 Å². The highest BCUT2D eigenvalue weighted by Crippen LogP contribution is 2.60. The monoisotopic (exact) mass is 781 g/mol. The number of hydrogen-bond donors (Lipinski definition) is 1. The van der Waals surface area contributed by atoms with Gasteiger partial charge in [0.1, 0.15) is 13.2 Å². The number of rotatable bonds is 22. The Morgan fingerprint density at radius 1 is 0.741 bits per heavy atom. The zero-order valence-electron chi connectivity index (χ0n) is 31.6. The van der Waals surface area contributed by atoms with E-state index in [0.717, 1.165) is 27.9 Å². The van der Waals surface area contributed by atoms with E-state index in [-0.39, 0.29) is 38.8 Å². The van der Waals surface area contributed by atoms with Crippen LogP contribution in [0, 0.1) is 0 Å². The number of methoxy groups -OCH3 is 4. The Kier molecular flexibility index (Phi) is 16.6. The Labute approximate surface area is 323 Å². The minimum Gasteiger partial charge on any atom is -0.493 e. The van der Waals surface area contributed by atoms with E-state index in [1.807, 2.05) is 66.7 Å². The summed E-state index contributed by atoms with van der Waals surface area (Å²) >= 11 is 6.10. The molecule has 4 aromatic carbocycles. The Morgan fingerprint density at radius 2 is 1.35 bits per heavy atom. The number of esters is 1. The van der Waals surface area contributed by atoms with Gasteiger partial charge >= 0.3 is 13.6 Å². The van der Waals surface area contributed by atoms with Crippen LogP contribution in [0.1, 0.15) is 54.7 Å². The van der Waals surface area contributed by atoms with E-state index < -0.39 is 13.4 Å². The van der Waals surface area contributed by atoms with Gasteiger partial charge in [-0.1, -0.05) is 54.1 Å². The van der Waals surface area contributed by atoms with Crippen molar-refractivity contribution in [2.45, 2.75) is 38.9 Å². The third kappa shape index (κ3) is 11.9. The molecule has 0 bridgehead atoms. The van der Waals surface area contributed by atoms with Crippen molar-refractivity contribution >= 4 is 43.0 Å². The third-order valence-electron chi connectivity index (χ3n) is 8.17. The molecule has 4 aromatic rings. The van der Waals surface area contributed by atoms with Gasteiger partial charge in [-0.15, -0.1) is 0 Å². The van der Waals surface area contributed by atoms with E-state index in [1.54, 1.807) is 66.6 Å². The molecule has 1 unspecified atom stereocenters. The van der Waals surface area contributed by atoms with E-state index in [0.29, 0.717) is 46.6 Å². The summed E-state index contributed by atoms with van der Waals surface area (Å²) in [6.07, 6.45) is 5.40. The summed E-state index contributed by atoms with van der Waals surface area (Å²) < 4.78 is 58.3. The van der Waals surface area contributed by atoms with Crippen molar-refractivity contribution in [3.63, 3.8) is 0 Å². The van der Waals surface area contributed by atoms with Gasteiger partial charge in [-0.25, -0.2) is 0 Å². The highest BCUT2D eigenvalue weighted by molar-refractivity contribution is 7.54. The average Bonchev–Trinajstić information content (AvgIpc) is 3.18. The van der Waals surface area contributed by atoms with E-state index in [4.69, 9.17) is 49.1 Å². The fraction of sp³-hybridized carbons (Fsp3) is 0.341. The zero-order chi connectivity index (χ0) is 38.9. The van der Waals surface area contributed by atoms with E-state index in [9.17, 15) is 9.36 Å². The molecule has 0 heterocycles. The summed E-state index contributed by atoms with van der Waals surface area (Å²) in [7, 11) is 2.72. The maximum absolute atomic E-state index is 13.8. The molecule has 11 nitrogen and oxygen atoms in total. The SMILES string of the molecule is CCOP(=O)(OCC)C(Nc1ccc(CCCC(=O)OCCOc2cc(/C=C\c3cc(OC)c(OC)c(OC)c3)ccc2OC)cc1)c1ccc(Cl)cc1. The number of anilines is 1. The van der Waals surface area contributed by atoms with Crippen LogP contribution in [0.3, 0.4) is 0 Å². The first kappa shape index (κ1) is 42.1. The molecule has 1 atom stereocenters. The van der Waals surface area contributed by atoms with E-state index in [1.165, 1.54) is 0 Å². The van der Waals surface area contributed by atoms with Crippen LogP contribution in [0.25, 0.3) is 12.2 Å². The number of nitrogens with one attached hydrogen (secondary N) is 1. The standard InChI is InChI=1S/C41H49ClNO10P/c1-7-52-54(45,53-8-2)41(32-17-19-33(42)20-18-32)43-34-21-14-29(15-22-34)10-9-11-39(44)51-25-24-50-36-26-30(16-23-35(36)46-3)12-13-31-27-37(47-4)40(49-6)38(28-31)48-5/h12-23,26-28,41,43H,7-11,24-25H2,1-6H3/b13-12-. The quantitative estimate of drug-likeness (QED) is 0.0355. The van der Waals surface area contributed by atoms with Gasteiger partial charge < -0.3 is 42.8 Å². The van der Waals surface area contributed by atoms with Crippen LogP contribution in [0.15, 0.2) is 78.9 Å². The zero-order valence-corrected chi connectivity index (χ0v) is 33.2. The lowest BCUT2D eigenvalue weighted by molar-refractivity contribution is -0.144. The van der Waals surface area contributed by atoms with Crippen LogP contribution in [-0.4, -0.2) is 60.8 Å². The third-order valence-corrected chi connectivity index (χ3v) is 10.7. The van der Waals surface area contributed by atoms with Crippen molar-refractivity contribution in [3.05, 3.63) is 106 Å². The molecule has 54 heavy (non-hydrogen) atoms. The van der Waals surface area contributed by atoms with Gasteiger partial charge in [0.25, 0.3) is 0 Å². The number of hydrogen-bond acceptors (Lipinski definition) is 11. The molecule has 0 spiro atoms. The molecule has 0 aliphatic rings. The molecule has 13 heteroatoms. The summed E-state index contributed by atoms with van der Waals surface area (Å²) in [4.78, 5) is 12.5. The van der Waals surface area contributed by atoms with Crippen LogP contribution in [0.2, 0.25) is 5.02 Å². The van der Waals surface area contributed by atoms with Crippen LogP contribution < -0.4 is 29.0 Å². The second-order valence-corrected chi connectivity index (χ2v) is 14.3. The molecular formula is C41H49ClNO10P. The van der Waals surface area contributed by atoms with Gasteiger partial charge in [0.15, 0.2) is 28.8 Å². The molecule has 0 fully saturated rings. The number of carbonyl (C=O) groups is 1. The number of halogens is 1. The molecule has 0 aliphatic heterocycles. The van der Waals surface area contributed by atoms with Crippen molar-refractivity contribution in [2.24, 2.45) is 0 Å². The number of benzene rings is 4. The maximum atomic E-state index is 13.8. The Balaban J connectivity index is 1.26. The minimum absolute atomic E-state index is 0.0932. The Morgan fingerprint density at radius 3 is 1.94 bits per heavy atom. The fourth-order valence-corrected chi connectivity index (χ4v) is 7.64.